The average molecular weight is 579 g/mol. The number of fused-ring (bicyclic) bond motifs is 2. The Kier molecular flexibility index (Phi) is 6.30. The molecule has 8 heteroatoms. The Labute approximate surface area is 211 Å². The lowest BCUT2D eigenvalue weighted by atomic mass is 10.2. The highest BCUT2D eigenvalue weighted by molar-refractivity contribution is 9.11. The maximum absolute atomic E-state index is 4.87. The van der Waals surface area contributed by atoms with Crippen molar-refractivity contribution in [3.63, 3.8) is 0 Å². The molecule has 0 aliphatic rings. The Hall–Kier alpha value is -2.94. The molecule has 162 valence electrons. The molecule has 5 nitrogen and oxygen atoms in total. The Morgan fingerprint density at radius 1 is 0.909 bits per heavy atom. The Morgan fingerprint density at radius 2 is 1.64 bits per heavy atom. The van der Waals surface area contributed by atoms with Crippen molar-refractivity contribution in [3.05, 3.63) is 98.0 Å². The van der Waals surface area contributed by atoms with Gasteiger partial charge in [-0.15, -0.1) is 11.3 Å². The van der Waals surface area contributed by atoms with Crippen LogP contribution in [0.15, 0.2) is 91.8 Å². The first kappa shape index (κ1) is 21.9. The number of thiazole rings is 1. The predicted octanol–water partition coefficient (Wildman–Crippen LogP) is 7.38. The number of hydrogen-bond acceptors (Lipinski definition) is 5. The van der Waals surface area contributed by atoms with E-state index in [0.717, 1.165) is 46.3 Å². The SMILES string of the molecule is Cc1cc(Br)c(N=C(N/N=C/c2nc3ccccc3s2)c2ccc3ccccc3n2)c(Br)c1. The molecule has 0 aliphatic carbocycles. The second-order valence-electron chi connectivity index (χ2n) is 7.32. The lowest BCUT2D eigenvalue weighted by Crippen LogP contribution is -2.20. The standard InChI is InChI=1S/C25H17Br2N5S/c1-15-12-17(26)24(18(27)13-15)31-25(21-11-10-16-6-2-3-7-19(16)29-21)32-28-14-23-30-20-8-4-5-9-22(20)33-23/h2-14H,1H3,(H,31,32)/b28-14+. The van der Waals surface area contributed by atoms with Gasteiger partial charge in [0.15, 0.2) is 5.84 Å². The van der Waals surface area contributed by atoms with Crippen LogP contribution in [0.25, 0.3) is 21.1 Å². The first-order valence-corrected chi connectivity index (χ1v) is 12.5. The summed E-state index contributed by atoms with van der Waals surface area (Å²) in [4.78, 5) is 14.3. The summed E-state index contributed by atoms with van der Waals surface area (Å²) >= 11 is 8.85. The van der Waals surface area contributed by atoms with Crippen LogP contribution in [0, 0.1) is 6.92 Å². The molecule has 3 aromatic carbocycles. The molecule has 5 aromatic rings. The summed E-state index contributed by atoms with van der Waals surface area (Å²) in [6.45, 7) is 2.04. The normalized spacial score (nSPS) is 12.2. The number of rotatable bonds is 4. The molecule has 5 rings (SSSR count). The van der Waals surface area contributed by atoms with Gasteiger partial charge in [-0.25, -0.2) is 15.0 Å². The van der Waals surface area contributed by atoms with Crippen LogP contribution in [0.2, 0.25) is 0 Å². The quantitative estimate of drug-likeness (QED) is 0.137. The summed E-state index contributed by atoms with van der Waals surface area (Å²) in [5, 5.41) is 6.32. The number of aryl methyl sites for hydroxylation is 1. The van der Waals surface area contributed by atoms with Crippen molar-refractivity contribution in [1.82, 2.24) is 15.4 Å². The van der Waals surface area contributed by atoms with Crippen LogP contribution in [0.3, 0.4) is 0 Å². The van der Waals surface area contributed by atoms with Crippen molar-refractivity contribution >= 4 is 82.1 Å². The minimum absolute atomic E-state index is 0.531. The Bertz CT molecular complexity index is 1480. The number of hydrazone groups is 1. The molecule has 2 aromatic heterocycles. The summed E-state index contributed by atoms with van der Waals surface area (Å²) in [5.74, 6) is 0.531. The van der Waals surface area contributed by atoms with Crippen molar-refractivity contribution < 1.29 is 0 Å². The van der Waals surface area contributed by atoms with Crippen LogP contribution in [0.4, 0.5) is 5.69 Å². The summed E-state index contributed by atoms with van der Waals surface area (Å²) in [6.07, 6.45) is 1.71. The highest BCUT2D eigenvalue weighted by Gasteiger charge is 2.11. The van der Waals surface area contributed by atoms with Gasteiger partial charge in [0.05, 0.1) is 27.6 Å². The summed E-state index contributed by atoms with van der Waals surface area (Å²) in [5.41, 5.74) is 7.52. The molecule has 0 radical (unpaired) electrons. The number of halogens is 2. The monoisotopic (exact) mass is 577 g/mol. The lowest BCUT2D eigenvalue weighted by molar-refractivity contribution is 1.02. The lowest BCUT2D eigenvalue weighted by Gasteiger charge is -2.09. The minimum Gasteiger partial charge on any atom is -0.259 e. The predicted molar refractivity (Wildman–Crippen MR) is 145 cm³/mol. The smallest absolute Gasteiger partial charge is 0.173 e. The average Bonchev–Trinajstić information content (AvgIpc) is 3.22. The molecule has 0 amide bonds. The van der Waals surface area contributed by atoms with E-state index in [2.05, 4.69) is 53.4 Å². The van der Waals surface area contributed by atoms with Crippen molar-refractivity contribution in [2.75, 3.05) is 0 Å². The third kappa shape index (κ3) is 4.88. The number of nitrogens with one attached hydrogen (secondary N) is 1. The van der Waals surface area contributed by atoms with E-state index in [1.807, 2.05) is 73.7 Å². The van der Waals surface area contributed by atoms with Crippen LogP contribution in [-0.2, 0) is 0 Å². The first-order valence-electron chi connectivity index (χ1n) is 10.1. The van der Waals surface area contributed by atoms with Gasteiger partial charge in [-0.05, 0) is 80.7 Å². The molecule has 0 saturated carbocycles. The zero-order valence-electron chi connectivity index (χ0n) is 17.5. The Morgan fingerprint density at radius 3 is 2.42 bits per heavy atom. The number of nitrogens with zero attached hydrogens (tertiary/aromatic N) is 4. The van der Waals surface area contributed by atoms with Gasteiger partial charge >= 0.3 is 0 Å². The van der Waals surface area contributed by atoms with Crippen LogP contribution in [-0.4, -0.2) is 22.0 Å². The molecule has 0 unspecified atom stereocenters. The van der Waals surface area contributed by atoms with Gasteiger partial charge in [-0.2, -0.15) is 5.10 Å². The van der Waals surface area contributed by atoms with Crippen LogP contribution in [0.1, 0.15) is 16.3 Å². The fourth-order valence-corrected chi connectivity index (χ4v) is 5.77. The van der Waals surface area contributed by atoms with Crippen molar-refractivity contribution in [1.29, 1.82) is 0 Å². The van der Waals surface area contributed by atoms with Gasteiger partial charge in [0.1, 0.15) is 10.7 Å². The van der Waals surface area contributed by atoms with E-state index in [4.69, 9.17) is 9.98 Å². The molecular weight excluding hydrogens is 562 g/mol. The number of hydrogen-bond donors (Lipinski definition) is 1. The molecule has 0 fully saturated rings. The molecular formula is C25H17Br2N5S. The fraction of sp³-hybridized carbons (Fsp3) is 0.0400. The van der Waals surface area contributed by atoms with Crippen molar-refractivity contribution in [3.8, 4) is 0 Å². The fourth-order valence-electron chi connectivity index (χ4n) is 3.34. The molecule has 33 heavy (non-hydrogen) atoms. The molecule has 0 spiro atoms. The number of aliphatic imine (C=N–C) groups is 1. The molecule has 0 bridgehead atoms. The van der Waals surface area contributed by atoms with E-state index < -0.39 is 0 Å². The van der Waals surface area contributed by atoms with Gasteiger partial charge in [0.2, 0.25) is 0 Å². The summed E-state index contributed by atoms with van der Waals surface area (Å²) in [6, 6.07) is 24.1. The number of pyridine rings is 1. The molecule has 0 atom stereocenters. The zero-order valence-corrected chi connectivity index (χ0v) is 21.4. The van der Waals surface area contributed by atoms with Gasteiger partial charge in [0.25, 0.3) is 0 Å². The zero-order chi connectivity index (χ0) is 22.8. The first-order chi connectivity index (χ1) is 16.1. The molecule has 0 aliphatic heterocycles. The molecule has 1 N–H and O–H groups in total. The summed E-state index contributed by atoms with van der Waals surface area (Å²) in [7, 11) is 0. The van der Waals surface area contributed by atoms with Crippen molar-refractivity contribution in [2.45, 2.75) is 6.92 Å². The van der Waals surface area contributed by atoms with Gasteiger partial charge in [-0.1, -0.05) is 36.4 Å². The third-order valence-electron chi connectivity index (χ3n) is 4.88. The highest BCUT2D eigenvalue weighted by Crippen LogP contribution is 2.35. The number of benzene rings is 3. The second kappa shape index (κ2) is 9.51. The van der Waals surface area contributed by atoms with E-state index in [1.165, 1.54) is 0 Å². The van der Waals surface area contributed by atoms with E-state index >= 15 is 0 Å². The van der Waals surface area contributed by atoms with Crippen LogP contribution < -0.4 is 5.43 Å². The van der Waals surface area contributed by atoms with Crippen LogP contribution in [0.5, 0.6) is 0 Å². The van der Waals surface area contributed by atoms with E-state index in [1.54, 1.807) is 17.6 Å². The maximum Gasteiger partial charge on any atom is 0.173 e. The van der Waals surface area contributed by atoms with Gasteiger partial charge in [-0.3, -0.25) is 5.43 Å². The number of aromatic nitrogens is 2. The van der Waals surface area contributed by atoms with E-state index in [9.17, 15) is 0 Å². The van der Waals surface area contributed by atoms with Crippen molar-refractivity contribution in [2.24, 2.45) is 10.1 Å². The van der Waals surface area contributed by atoms with Gasteiger partial charge in [0, 0.05) is 14.3 Å². The largest absolute Gasteiger partial charge is 0.259 e. The maximum atomic E-state index is 4.87. The third-order valence-corrected chi connectivity index (χ3v) is 7.06. The molecule has 0 saturated heterocycles. The number of amidine groups is 1. The summed E-state index contributed by atoms with van der Waals surface area (Å²) < 4.78 is 2.88. The topological polar surface area (TPSA) is 62.5 Å². The second-order valence-corrected chi connectivity index (χ2v) is 10.1. The Balaban J connectivity index is 1.54. The van der Waals surface area contributed by atoms with Gasteiger partial charge < -0.3 is 0 Å². The van der Waals surface area contributed by atoms with Crippen LogP contribution >= 0.6 is 43.2 Å². The minimum atomic E-state index is 0.531. The molecule has 2 heterocycles. The van der Waals surface area contributed by atoms with E-state index in [0.29, 0.717) is 11.5 Å². The highest BCUT2D eigenvalue weighted by atomic mass is 79.9. The van der Waals surface area contributed by atoms with E-state index in [-0.39, 0.29) is 0 Å². The number of para-hydroxylation sites is 2.